The van der Waals surface area contributed by atoms with E-state index in [-0.39, 0.29) is 30.4 Å². The minimum Gasteiger partial charge on any atom is -0.469 e. The number of nitrogen functional groups attached to an aromatic ring is 1. The zero-order valence-electron chi connectivity index (χ0n) is 21.5. The monoisotopic (exact) mass is 535 g/mol. The Morgan fingerprint density at radius 2 is 1.75 bits per heavy atom. The number of imidazole rings is 1. The van der Waals surface area contributed by atoms with Crippen molar-refractivity contribution in [2.75, 3.05) is 12.8 Å². The summed E-state index contributed by atoms with van der Waals surface area (Å²) in [6, 6.07) is 19.5. The van der Waals surface area contributed by atoms with E-state index in [1.807, 2.05) is 28.8 Å². The molecule has 0 saturated heterocycles. The lowest BCUT2D eigenvalue weighted by atomic mass is 10.1. The first kappa shape index (κ1) is 26.0. The number of nitrogens with one attached hydrogen (secondary N) is 1. The van der Waals surface area contributed by atoms with E-state index in [9.17, 15) is 14.4 Å². The topological polar surface area (TPSA) is 168 Å². The first-order valence-electron chi connectivity index (χ1n) is 12.3. The van der Waals surface area contributed by atoms with Gasteiger partial charge in [-0.25, -0.2) is 15.0 Å². The van der Waals surface area contributed by atoms with Gasteiger partial charge in [0.25, 0.3) is 5.91 Å². The highest BCUT2D eigenvalue weighted by atomic mass is 16.5. The number of pyridine rings is 2. The van der Waals surface area contributed by atoms with Gasteiger partial charge in [0.05, 0.1) is 24.7 Å². The number of ether oxygens (including phenoxy) is 1. The lowest BCUT2D eigenvalue weighted by Gasteiger charge is -2.11. The standard InChI is InChI=1S/C29H25N7O4/c1-40-24(37)13-18-4-2-5-19(12-18)29(39)34-15-17-7-9-21(10-8-17)36-27(22-6-3-11-32-25(22)30)35-23-14-20(26(31)38)16-33-28(23)36/h2-12,14,16H,13,15H2,1H3,(H2,30,32)(H2,31,38)(H,34,39). The zero-order valence-corrected chi connectivity index (χ0v) is 21.5. The van der Waals surface area contributed by atoms with Crippen LogP contribution in [-0.2, 0) is 22.5 Å². The number of esters is 1. The van der Waals surface area contributed by atoms with Crippen LogP contribution in [0.2, 0.25) is 0 Å². The molecule has 0 fully saturated rings. The molecule has 3 heterocycles. The molecule has 0 atom stereocenters. The number of benzene rings is 2. The summed E-state index contributed by atoms with van der Waals surface area (Å²) in [6.07, 6.45) is 3.09. The van der Waals surface area contributed by atoms with Gasteiger partial charge in [0.15, 0.2) is 11.5 Å². The fourth-order valence-electron chi connectivity index (χ4n) is 4.24. The molecule has 0 aliphatic carbocycles. The van der Waals surface area contributed by atoms with E-state index in [1.54, 1.807) is 48.7 Å². The smallest absolute Gasteiger partial charge is 0.309 e. The lowest BCUT2D eigenvalue weighted by Crippen LogP contribution is -2.23. The van der Waals surface area contributed by atoms with Crippen LogP contribution in [0.5, 0.6) is 0 Å². The number of hydrogen-bond acceptors (Lipinski definition) is 8. The van der Waals surface area contributed by atoms with Crippen LogP contribution in [-0.4, -0.2) is 44.4 Å². The van der Waals surface area contributed by atoms with Crippen molar-refractivity contribution >= 4 is 34.8 Å². The Bertz CT molecular complexity index is 1750. The quantitative estimate of drug-likeness (QED) is 0.255. The number of fused-ring (bicyclic) bond motifs is 1. The van der Waals surface area contributed by atoms with E-state index in [4.69, 9.17) is 21.2 Å². The van der Waals surface area contributed by atoms with Gasteiger partial charge in [-0.3, -0.25) is 19.0 Å². The average molecular weight is 536 g/mol. The van der Waals surface area contributed by atoms with E-state index in [0.717, 1.165) is 11.3 Å². The Morgan fingerprint density at radius 1 is 0.950 bits per heavy atom. The van der Waals surface area contributed by atoms with Gasteiger partial charge in [0.2, 0.25) is 5.91 Å². The van der Waals surface area contributed by atoms with E-state index in [0.29, 0.717) is 39.5 Å². The Labute approximate surface area is 228 Å². The molecule has 0 unspecified atom stereocenters. The van der Waals surface area contributed by atoms with Gasteiger partial charge in [-0.2, -0.15) is 0 Å². The van der Waals surface area contributed by atoms with Gasteiger partial charge in [-0.05, 0) is 53.6 Å². The molecule has 11 heteroatoms. The van der Waals surface area contributed by atoms with Crippen LogP contribution >= 0.6 is 0 Å². The van der Waals surface area contributed by atoms with Crippen molar-refractivity contribution in [3.63, 3.8) is 0 Å². The second-order valence-electron chi connectivity index (χ2n) is 8.94. The number of hydrogen-bond donors (Lipinski definition) is 3. The van der Waals surface area contributed by atoms with Gasteiger partial charge in [-0.15, -0.1) is 0 Å². The predicted octanol–water partition coefficient (Wildman–Crippen LogP) is 2.81. The molecular weight excluding hydrogens is 510 g/mol. The normalized spacial score (nSPS) is 10.8. The van der Waals surface area contributed by atoms with Gasteiger partial charge in [0, 0.05) is 30.2 Å². The van der Waals surface area contributed by atoms with E-state index < -0.39 is 5.91 Å². The van der Waals surface area contributed by atoms with Crippen LogP contribution in [0.4, 0.5) is 5.82 Å². The number of amides is 2. The average Bonchev–Trinajstić information content (AvgIpc) is 3.35. The molecule has 2 aromatic carbocycles. The van der Waals surface area contributed by atoms with Gasteiger partial charge in [-0.1, -0.05) is 24.3 Å². The number of aromatic nitrogens is 4. The first-order chi connectivity index (χ1) is 19.3. The van der Waals surface area contributed by atoms with Gasteiger partial charge in [0.1, 0.15) is 11.3 Å². The highest BCUT2D eigenvalue weighted by molar-refractivity contribution is 5.96. The van der Waals surface area contributed by atoms with Crippen molar-refractivity contribution in [1.29, 1.82) is 0 Å². The summed E-state index contributed by atoms with van der Waals surface area (Å²) in [5.41, 5.74) is 16.2. The highest BCUT2D eigenvalue weighted by Gasteiger charge is 2.19. The second-order valence-corrected chi connectivity index (χ2v) is 8.94. The van der Waals surface area contributed by atoms with Crippen molar-refractivity contribution in [1.82, 2.24) is 24.8 Å². The summed E-state index contributed by atoms with van der Waals surface area (Å²) in [6.45, 7) is 0.285. The van der Waals surface area contributed by atoms with Crippen molar-refractivity contribution < 1.29 is 19.1 Å². The third-order valence-electron chi connectivity index (χ3n) is 6.27. The Kier molecular flexibility index (Phi) is 7.18. The van der Waals surface area contributed by atoms with Crippen molar-refractivity contribution in [3.8, 4) is 17.1 Å². The van der Waals surface area contributed by atoms with E-state index >= 15 is 0 Å². The number of rotatable bonds is 8. The Balaban J connectivity index is 1.41. The van der Waals surface area contributed by atoms with Crippen molar-refractivity contribution in [2.45, 2.75) is 13.0 Å². The number of anilines is 1. The number of nitrogens with two attached hydrogens (primary N) is 2. The molecule has 2 amide bonds. The summed E-state index contributed by atoms with van der Waals surface area (Å²) in [5.74, 6) is -0.443. The maximum Gasteiger partial charge on any atom is 0.309 e. The highest BCUT2D eigenvalue weighted by Crippen LogP contribution is 2.30. The number of methoxy groups -OCH3 is 1. The molecule has 5 aromatic rings. The molecule has 0 spiro atoms. The van der Waals surface area contributed by atoms with E-state index in [2.05, 4.69) is 15.3 Å². The second kappa shape index (κ2) is 11.0. The number of nitrogens with zero attached hydrogens (tertiary/aromatic N) is 4. The maximum atomic E-state index is 12.7. The molecule has 0 radical (unpaired) electrons. The van der Waals surface area contributed by atoms with Crippen molar-refractivity contribution in [2.24, 2.45) is 5.73 Å². The third kappa shape index (κ3) is 5.34. The lowest BCUT2D eigenvalue weighted by molar-refractivity contribution is -0.139. The molecule has 0 aliphatic rings. The van der Waals surface area contributed by atoms with Crippen LogP contribution < -0.4 is 16.8 Å². The third-order valence-corrected chi connectivity index (χ3v) is 6.27. The SMILES string of the molecule is COC(=O)Cc1cccc(C(=O)NCc2ccc(-n3c(-c4cccnc4N)nc4cc(C(N)=O)cnc43)cc2)c1. The molecular formula is C29H25N7O4. The summed E-state index contributed by atoms with van der Waals surface area (Å²) >= 11 is 0. The molecule has 11 nitrogen and oxygen atoms in total. The van der Waals surface area contributed by atoms with Crippen molar-refractivity contribution in [3.05, 3.63) is 101 Å². The minimum atomic E-state index is -0.604. The fraction of sp³-hybridized carbons (Fsp3) is 0.103. The molecule has 40 heavy (non-hydrogen) atoms. The summed E-state index contributed by atoms with van der Waals surface area (Å²) < 4.78 is 6.52. The summed E-state index contributed by atoms with van der Waals surface area (Å²) in [7, 11) is 1.32. The molecule has 3 aromatic heterocycles. The Morgan fingerprint density at radius 3 is 2.48 bits per heavy atom. The zero-order chi connectivity index (χ0) is 28.2. The molecule has 0 aliphatic heterocycles. The molecule has 0 bridgehead atoms. The van der Waals surface area contributed by atoms with Crippen LogP contribution in [0.1, 0.15) is 31.8 Å². The molecule has 0 saturated carbocycles. The first-order valence-corrected chi connectivity index (χ1v) is 12.3. The Hall–Kier alpha value is -5.58. The number of carbonyl (C=O) groups is 3. The number of primary amides is 1. The molecule has 5 rings (SSSR count). The summed E-state index contributed by atoms with van der Waals surface area (Å²) in [5, 5.41) is 2.90. The van der Waals surface area contributed by atoms with Crippen LogP contribution in [0.15, 0.2) is 79.1 Å². The van der Waals surface area contributed by atoms with Crippen LogP contribution in [0.3, 0.4) is 0 Å². The minimum absolute atomic E-state index is 0.0907. The van der Waals surface area contributed by atoms with Gasteiger partial charge >= 0.3 is 5.97 Å². The summed E-state index contributed by atoms with van der Waals surface area (Å²) in [4.78, 5) is 49.3. The van der Waals surface area contributed by atoms with Crippen LogP contribution in [0.25, 0.3) is 28.2 Å². The van der Waals surface area contributed by atoms with E-state index in [1.165, 1.54) is 13.3 Å². The maximum absolute atomic E-state index is 12.7. The number of carbonyl (C=O) groups excluding carboxylic acids is 3. The van der Waals surface area contributed by atoms with Gasteiger partial charge < -0.3 is 21.5 Å². The fourth-order valence-corrected chi connectivity index (χ4v) is 4.24. The predicted molar refractivity (Wildman–Crippen MR) is 148 cm³/mol. The molecule has 5 N–H and O–H groups in total. The molecule has 200 valence electrons. The van der Waals surface area contributed by atoms with Crippen LogP contribution in [0, 0.1) is 0 Å². The largest absolute Gasteiger partial charge is 0.469 e.